The monoisotopic (exact) mass is 235 g/mol. The maximum absolute atomic E-state index is 5.86. The summed E-state index contributed by atoms with van der Waals surface area (Å²) in [6.07, 6.45) is 2.54. The maximum Gasteiger partial charge on any atom is 0.161 e. The quantitative estimate of drug-likeness (QED) is 0.800. The highest BCUT2D eigenvalue weighted by atomic mass is 16.5. The lowest BCUT2D eigenvalue weighted by atomic mass is 10.00. The Bertz CT molecular complexity index is 354. The molecule has 0 amide bonds. The molecular formula is C14H21NO2. The summed E-state index contributed by atoms with van der Waals surface area (Å²) in [5.74, 6) is 2.30. The Balaban J connectivity index is 1.88. The summed E-state index contributed by atoms with van der Waals surface area (Å²) >= 11 is 0. The number of hydrogen-bond acceptors (Lipinski definition) is 3. The third-order valence-corrected chi connectivity index (χ3v) is 3.27. The molecule has 1 aliphatic rings. The van der Waals surface area contributed by atoms with Crippen LogP contribution in [0.3, 0.4) is 0 Å². The SMILES string of the molecule is COc1ccccc1OC[C@H]1CCCN(C)C1. The zero-order valence-corrected chi connectivity index (χ0v) is 10.7. The first-order valence-corrected chi connectivity index (χ1v) is 6.24. The second-order valence-corrected chi connectivity index (χ2v) is 4.73. The van der Waals surface area contributed by atoms with Crippen molar-refractivity contribution in [3.8, 4) is 11.5 Å². The van der Waals surface area contributed by atoms with E-state index in [9.17, 15) is 0 Å². The molecule has 0 unspecified atom stereocenters. The number of hydrogen-bond donors (Lipinski definition) is 0. The third kappa shape index (κ3) is 3.37. The maximum atomic E-state index is 5.86. The van der Waals surface area contributed by atoms with Crippen LogP contribution in [0.4, 0.5) is 0 Å². The molecule has 1 aliphatic heterocycles. The zero-order chi connectivity index (χ0) is 12.1. The summed E-state index contributed by atoms with van der Waals surface area (Å²) in [6, 6.07) is 7.83. The van der Waals surface area contributed by atoms with Crippen molar-refractivity contribution in [2.45, 2.75) is 12.8 Å². The second kappa shape index (κ2) is 5.92. The van der Waals surface area contributed by atoms with Crippen LogP contribution in [0, 0.1) is 5.92 Å². The van der Waals surface area contributed by atoms with Crippen LogP contribution in [0.2, 0.25) is 0 Å². The van der Waals surface area contributed by atoms with Gasteiger partial charge in [0.1, 0.15) is 0 Å². The van der Waals surface area contributed by atoms with Crippen LogP contribution < -0.4 is 9.47 Å². The lowest BCUT2D eigenvalue weighted by Crippen LogP contribution is -2.34. The fourth-order valence-electron chi connectivity index (χ4n) is 2.35. The normalized spacial score (nSPS) is 21.2. The molecule has 1 heterocycles. The molecule has 0 aromatic heterocycles. The molecule has 0 N–H and O–H groups in total. The first-order valence-electron chi connectivity index (χ1n) is 6.24. The van der Waals surface area contributed by atoms with Gasteiger partial charge in [-0.1, -0.05) is 12.1 Å². The van der Waals surface area contributed by atoms with E-state index in [1.54, 1.807) is 7.11 Å². The highest BCUT2D eigenvalue weighted by molar-refractivity contribution is 5.39. The predicted molar refractivity (Wildman–Crippen MR) is 68.7 cm³/mol. The van der Waals surface area contributed by atoms with Gasteiger partial charge >= 0.3 is 0 Å². The zero-order valence-electron chi connectivity index (χ0n) is 10.7. The van der Waals surface area contributed by atoms with Crippen molar-refractivity contribution in [3.05, 3.63) is 24.3 Å². The highest BCUT2D eigenvalue weighted by Gasteiger charge is 2.18. The number of nitrogens with zero attached hydrogens (tertiary/aromatic N) is 1. The summed E-state index contributed by atoms with van der Waals surface area (Å²) < 4.78 is 11.1. The lowest BCUT2D eigenvalue weighted by Gasteiger charge is -2.29. The van der Waals surface area contributed by atoms with Gasteiger partial charge in [0, 0.05) is 12.5 Å². The Morgan fingerprint density at radius 2 is 2.06 bits per heavy atom. The molecule has 1 aromatic carbocycles. The van der Waals surface area contributed by atoms with Crippen LogP contribution in [0.15, 0.2) is 24.3 Å². The van der Waals surface area contributed by atoms with Crippen LogP contribution in [0.25, 0.3) is 0 Å². The van der Waals surface area contributed by atoms with Crippen LogP contribution in [0.5, 0.6) is 11.5 Å². The van der Waals surface area contributed by atoms with Gasteiger partial charge in [0.05, 0.1) is 13.7 Å². The molecule has 3 nitrogen and oxygen atoms in total. The summed E-state index contributed by atoms with van der Waals surface area (Å²) in [5, 5.41) is 0. The van der Waals surface area contributed by atoms with E-state index in [-0.39, 0.29) is 0 Å². The molecule has 0 radical (unpaired) electrons. The summed E-state index contributed by atoms with van der Waals surface area (Å²) in [4.78, 5) is 2.37. The highest BCUT2D eigenvalue weighted by Crippen LogP contribution is 2.27. The van der Waals surface area contributed by atoms with Gasteiger partial charge in [-0.2, -0.15) is 0 Å². The Morgan fingerprint density at radius 3 is 2.76 bits per heavy atom. The number of para-hydroxylation sites is 2. The van der Waals surface area contributed by atoms with Crippen molar-refractivity contribution in [3.63, 3.8) is 0 Å². The molecule has 0 saturated carbocycles. The average molecular weight is 235 g/mol. The van der Waals surface area contributed by atoms with Gasteiger partial charge in [-0.25, -0.2) is 0 Å². The molecule has 1 saturated heterocycles. The van der Waals surface area contributed by atoms with E-state index in [0.717, 1.165) is 24.7 Å². The van der Waals surface area contributed by atoms with E-state index in [1.165, 1.54) is 19.4 Å². The third-order valence-electron chi connectivity index (χ3n) is 3.27. The Kier molecular flexibility index (Phi) is 4.26. The molecule has 17 heavy (non-hydrogen) atoms. The van der Waals surface area contributed by atoms with Crippen molar-refractivity contribution in [2.75, 3.05) is 33.9 Å². The minimum absolute atomic E-state index is 0.638. The molecule has 0 spiro atoms. The fraction of sp³-hybridized carbons (Fsp3) is 0.571. The number of ether oxygens (including phenoxy) is 2. The largest absolute Gasteiger partial charge is 0.493 e. The lowest BCUT2D eigenvalue weighted by molar-refractivity contribution is 0.148. The number of piperidine rings is 1. The van der Waals surface area contributed by atoms with Crippen molar-refractivity contribution in [1.82, 2.24) is 4.90 Å². The van der Waals surface area contributed by atoms with Crippen LogP contribution in [-0.4, -0.2) is 38.8 Å². The summed E-state index contributed by atoms with van der Waals surface area (Å²) in [7, 11) is 3.85. The second-order valence-electron chi connectivity index (χ2n) is 4.73. The van der Waals surface area contributed by atoms with E-state index in [4.69, 9.17) is 9.47 Å². The van der Waals surface area contributed by atoms with Gasteiger partial charge in [0.25, 0.3) is 0 Å². The van der Waals surface area contributed by atoms with Gasteiger partial charge in [-0.05, 0) is 38.6 Å². The van der Waals surface area contributed by atoms with Crippen molar-refractivity contribution in [2.24, 2.45) is 5.92 Å². The van der Waals surface area contributed by atoms with Gasteiger partial charge in [-0.15, -0.1) is 0 Å². The van der Waals surface area contributed by atoms with E-state index in [1.807, 2.05) is 24.3 Å². The topological polar surface area (TPSA) is 21.7 Å². The molecule has 0 bridgehead atoms. The van der Waals surface area contributed by atoms with E-state index >= 15 is 0 Å². The first-order chi connectivity index (χ1) is 8.29. The minimum Gasteiger partial charge on any atom is -0.493 e. The minimum atomic E-state index is 0.638. The fourth-order valence-corrected chi connectivity index (χ4v) is 2.35. The molecule has 1 aromatic rings. The van der Waals surface area contributed by atoms with Gasteiger partial charge in [0.2, 0.25) is 0 Å². The average Bonchev–Trinajstić information content (AvgIpc) is 2.37. The van der Waals surface area contributed by atoms with Gasteiger partial charge in [0.15, 0.2) is 11.5 Å². The number of rotatable bonds is 4. The number of methoxy groups -OCH3 is 1. The Hall–Kier alpha value is -1.22. The van der Waals surface area contributed by atoms with Crippen molar-refractivity contribution >= 4 is 0 Å². The number of likely N-dealkylation sites (tertiary alicyclic amines) is 1. The van der Waals surface area contributed by atoms with E-state index in [2.05, 4.69) is 11.9 Å². The van der Waals surface area contributed by atoms with Crippen molar-refractivity contribution in [1.29, 1.82) is 0 Å². The van der Waals surface area contributed by atoms with Crippen LogP contribution in [-0.2, 0) is 0 Å². The molecule has 94 valence electrons. The Labute approximate surface area is 103 Å². The Morgan fingerprint density at radius 1 is 1.29 bits per heavy atom. The van der Waals surface area contributed by atoms with Crippen LogP contribution >= 0.6 is 0 Å². The molecule has 1 fully saturated rings. The molecule has 3 heteroatoms. The van der Waals surface area contributed by atoms with E-state index < -0.39 is 0 Å². The van der Waals surface area contributed by atoms with Gasteiger partial charge < -0.3 is 14.4 Å². The molecular weight excluding hydrogens is 214 g/mol. The first kappa shape index (κ1) is 12.2. The number of benzene rings is 1. The molecule has 0 aliphatic carbocycles. The summed E-state index contributed by atoms with van der Waals surface area (Å²) in [5.41, 5.74) is 0. The smallest absolute Gasteiger partial charge is 0.161 e. The molecule has 2 rings (SSSR count). The summed E-state index contributed by atoms with van der Waals surface area (Å²) in [6.45, 7) is 3.13. The van der Waals surface area contributed by atoms with E-state index in [0.29, 0.717) is 5.92 Å². The molecule has 1 atom stereocenters. The van der Waals surface area contributed by atoms with Crippen LogP contribution in [0.1, 0.15) is 12.8 Å². The van der Waals surface area contributed by atoms with Gasteiger partial charge in [-0.3, -0.25) is 0 Å². The predicted octanol–water partition coefficient (Wildman–Crippen LogP) is 2.42. The van der Waals surface area contributed by atoms with Crippen molar-refractivity contribution < 1.29 is 9.47 Å². The standard InChI is InChI=1S/C14H21NO2/c1-15-9-5-6-12(10-15)11-17-14-8-4-3-7-13(14)16-2/h3-4,7-8,12H,5-6,9-11H2,1-2H3/t12-/m0/s1.